The van der Waals surface area contributed by atoms with Gasteiger partial charge in [-0.2, -0.15) is 0 Å². The first kappa shape index (κ1) is 12.5. The Morgan fingerprint density at radius 2 is 1.95 bits per heavy atom. The molecular formula is C15H14N2O3. The number of benzene rings is 1. The fraction of sp³-hybridized carbons (Fsp3) is 0.200. The van der Waals surface area contributed by atoms with Crippen molar-refractivity contribution < 1.29 is 15.0 Å². The molecule has 0 fully saturated rings. The number of nitrogens with zero attached hydrogens (tertiary/aromatic N) is 2. The van der Waals surface area contributed by atoms with Crippen molar-refractivity contribution in [1.82, 2.24) is 9.88 Å². The molecule has 0 radical (unpaired) electrons. The molecule has 1 aliphatic heterocycles. The summed E-state index contributed by atoms with van der Waals surface area (Å²) in [6.45, 7) is 1.07. The minimum atomic E-state index is -0.164. The Kier molecular flexibility index (Phi) is 3.02. The van der Waals surface area contributed by atoms with Gasteiger partial charge in [0.25, 0.3) is 5.91 Å². The fourth-order valence-electron chi connectivity index (χ4n) is 2.44. The number of pyridine rings is 1. The van der Waals surface area contributed by atoms with Crippen LogP contribution in [-0.4, -0.2) is 32.5 Å². The molecule has 2 aromatic rings. The summed E-state index contributed by atoms with van der Waals surface area (Å²) in [7, 11) is 0. The number of phenols is 1. The van der Waals surface area contributed by atoms with Crippen molar-refractivity contribution in [2.45, 2.75) is 13.0 Å². The number of aromatic nitrogens is 1. The van der Waals surface area contributed by atoms with Crippen molar-refractivity contribution >= 4 is 5.91 Å². The predicted molar refractivity (Wildman–Crippen MR) is 72.5 cm³/mol. The van der Waals surface area contributed by atoms with Crippen LogP contribution in [0.3, 0.4) is 0 Å². The van der Waals surface area contributed by atoms with Crippen molar-refractivity contribution in [1.29, 1.82) is 0 Å². The van der Waals surface area contributed by atoms with E-state index in [0.717, 1.165) is 17.5 Å². The zero-order chi connectivity index (χ0) is 14.1. The fourth-order valence-corrected chi connectivity index (χ4v) is 2.44. The molecule has 0 unspecified atom stereocenters. The Balaban J connectivity index is 1.84. The van der Waals surface area contributed by atoms with E-state index in [9.17, 15) is 15.0 Å². The van der Waals surface area contributed by atoms with Gasteiger partial charge in [-0.25, -0.2) is 0 Å². The molecular weight excluding hydrogens is 256 g/mol. The van der Waals surface area contributed by atoms with Crippen molar-refractivity contribution in [3.05, 3.63) is 53.3 Å². The standard InChI is InChI=1S/C15H14N2O3/c18-13-2-1-10-3-4-17(9-12(10)6-13)15(20)11-5-14(19)8-16-7-11/h1-2,5-8,18-19H,3-4,9H2. The Morgan fingerprint density at radius 1 is 1.10 bits per heavy atom. The molecule has 0 aliphatic carbocycles. The molecule has 5 nitrogen and oxygen atoms in total. The lowest BCUT2D eigenvalue weighted by atomic mass is 9.99. The maximum atomic E-state index is 12.4. The minimum Gasteiger partial charge on any atom is -0.508 e. The molecule has 1 aromatic heterocycles. The summed E-state index contributed by atoms with van der Waals surface area (Å²) >= 11 is 0. The van der Waals surface area contributed by atoms with Crippen molar-refractivity contribution in [3.8, 4) is 11.5 Å². The summed E-state index contributed by atoms with van der Waals surface area (Å²) < 4.78 is 0. The van der Waals surface area contributed by atoms with Crippen LogP contribution in [0.2, 0.25) is 0 Å². The number of rotatable bonds is 1. The first-order valence-corrected chi connectivity index (χ1v) is 6.37. The zero-order valence-corrected chi connectivity index (χ0v) is 10.8. The topological polar surface area (TPSA) is 73.7 Å². The molecule has 2 heterocycles. The smallest absolute Gasteiger partial charge is 0.255 e. The zero-order valence-electron chi connectivity index (χ0n) is 10.8. The summed E-state index contributed by atoms with van der Waals surface area (Å²) in [6, 6.07) is 6.65. The van der Waals surface area contributed by atoms with Gasteiger partial charge in [-0.15, -0.1) is 0 Å². The summed E-state index contributed by atoms with van der Waals surface area (Å²) in [5, 5.41) is 18.9. The Bertz CT molecular complexity index is 670. The summed E-state index contributed by atoms with van der Waals surface area (Å²) in [5.74, 6) is 0.0189. The molecule has 20 heavy (non-hydrogen) atoms. The molecule has 102 valence electrons. The summed E-state index contributed by atoms with van der Waals surface area (Å²) in [4.78, 5) is 17.9. The van der Waals surface area contributed by atoms with Crippen molar-refractivity contribution in [3.63, 3.8) is 0 Å². The van der Waals surface area contributed by atoms with E-state index in [2.05, 4.69) is 4.98 Å². The number of carbonyl (C=O) groups excluding carboxylic acids is 1. The molecule has 0 spiro atoms. The molecule has 0 bridgehead atoms. The number of aromatic hydroxyl groups is 2. The van der Waals surface area contributed by atoms with E-state index in [1.165, 1.54) is 18.5 Å². The molecule has 5 heteroatoms. The van der Waals surface area contributed by atoms with Gasteiger partial charge in [-0.05, 0) is 35.7 Å². The van der Waals surface area contributed by atoms with Gasteiger partial charge in [0.15, 0.2) is 0 Å². The van der Waals surface area contributed by atoms with E-state index in [1.807, 2.05) is 6.07 Å². The van der Waals surface area contributed by atoms with Gasteiger partial charge in [-0.3, -0.25) is 9.78 Å². The van der Waals surface area contributed by atoms with Crippen LogP contribution in [0.1, 0.15) is 21.5 Å². The second kappa shape index (κ2) is 4.85. The average molecular weight is 270 g/mol. The largest absolute Gasteiger partial charge is 0.508 e. The lowest BCUT2D eigenvalue weighted by Gasteiger charge is -2.29. The van der Waals surface area contributed by atoms with E-state index in [1.54, 1.807) is 17.0 Å². The number of amides is 1. The molecule has 0 saturated heterocycles. The molecule has 1 aromatic carbocycles. The van der Waals surface area contributed by atoms with Crippen LogP contribution in [0.5, 0.6) is 11.5 Å². The second-order valence-corrected chi connectivity index (χ2v) is 4.86. The third-order valence-corrected chi connectivity index (χ3v) is 3.46. The molecule has 0 atom stereocenters. The van der Waals surface area contributed by atoms with Gasteiger partial charge >= 0.3 is 0 Å². The maximum Gasteiger partial charge on any atom is 0.255 e. The number of hydrogen-bond acceptors (Lipinski definition) is 4. The van der Waals surface area contributed by atoms with Gasteiger partial charge in [0.05, 0.1) is 11.8 Å². The van der Waals surface area contributed by atoms with E-state index in [0.29, 0.717) is 18.7 Å². The Labute approximate surface area is 116 Å². The van der Waals surface area contributed by atoms with Crippen LogP contribution in [0.15, 0.2) is 36.7 Å². The average Bonchev–Trinajstić information content (AvgIpc) is 2.45. The lowest BCUT2D eigenvalue weighted by molar-refractivity contribution is 0.0733. The molecule has 2 N–H and O–H groups in total. The van der Waals surface area contributed by atoms with Crippen molar-refractivity contribution in [2.75, 3.05) is 6.54 Å². The van der Waals surface area contributed by atoms with E-state index in [-0.39, 0.29) is 17.4 Å². The number of fused-ring (bicyclic) bond motifs is 1. The summed E-state index contributed by atoms with van der Waals surface area (Å²) in [6.07, 6.45) is 3.49. The minimum absolute atomic E-state index is 0.0223. The predicted octanol–water partition coefficient (Wildman–Crippen LogP) is 1.69. The normalized spacial score (nSPS) is 13.9. The van der Waals surface area contributed by atoms with E-state index >= 15 is 0 Å². The monoisotopic (exact) mass is 270 g/mol. The Morgan fingerprint density at radius 3 is 2.75 bits per heavy atom. The van der Waals surface area contributed by atoms with Gasteiger partial charge in [0, 0.05) is 19.3 Å². The number of hydrogen-bond donors (Lipinski definition) is 2. The van der Waals surface area contributed by atoms with Gasteiger partial charge in [0.2, 0.25) is 0 Å². The van der Waals surface area contributed by atoms with Crippen LogP contribution in [0.25, 0.3) is 0 Å². The van der Waals surface area contributed by atoms with Crippen molar-refractivity contribution in [2.24, 2.45) is 0 Å². The second-order valence-electron chi connectivity index (χ2n) is 4.86. The van der Waals surface area contributed by atoms with Crippen LogP contribution >= 0.6 is 0 Å². The Hall–Kier alpha value is -2.56. The SMILES string of the molecule is O=C(c1cncc(O)c1)N1CCc2ccc(O)cc2C1. The van der Waals surface area contributed by atoms with Gasteiger partial charge < -0.3 is 15.1 Å². The van der Waals surface area contributed by atoms with Crippen LogP contribution in [-0.2, 0) is 13.0 Å². The van der Waals surface area contributed by atoms with Crippen LogP contribution < -0.4 is 0 Å². The first-order chi connectivity index (χ1) is 9.63. The molecule has 3 rings (SSSR count). The third kappa shape index (κ3) is 2.30. The molecule has 1 amide bonds. The first-order valence-electron chi connectivity index (χ1n) is 6.37. The third-order valence-electron chi connectivity index (χ3n) is 3.46. The quantitative estimate of drug-likeness (QED) is 0.827. The molecule has 0 saturated carbocycles. The van der Waals surface area contributed by atoms with Gasteiger partial charge in [-0.1, -0.05) is 6.07 Å². The maximum absolute atomic E-state index is 12.4. The highest BCUT2D eigenvalue weighted by Gasteiger charge is 2.22. The highest BCUT2D eigenvalue weighted by Crippen LogP contribution is 2.24. The van der Waals surface area contributed by atoms with Crippen LogP contribution in [0, 0.1) is 0 Å². The molecule has 1 aliphatic rings. The number of carbonyl (C=O) groups is 1. The summed E-state index contributed by atoms with van der Waals surface area (Å²) in [5.41, 5.74) is 2.48. The highest BCUT2D eigenvalue weighted by molar-refractivity contribution is 5.94. The van der Waals surface area contributed by atoms with Crippen LogP contribution in [0.4, 0.5) is 0 Å². The number of phenolic OH excluding ortho intramolecular Hbond substituents is 1. The lowest BCUT2D eigenvalue weighted by Crippen LogP contribution is -2.35. The van der Waals surface area contributed by atoms with E-state index < -0.39 is 0 Å². The highest BCUT2D eigenvalue weighted by atomic mass is 16.3. The van der Waals surface area contributed by atoms with Gasteiger partial charge in [0.1, 0.15) is 11.5 Å². The van der Waals surface area contributed by atoms with E-state index in [4.69, 9.17) is 0 Å².